The van der Waals surface area contributed by atoms with Crippen molar-refractivity contribution in [3.8, 4) is 22.6 Å². The number of benzene rings is 3. The Bertz CT molecular complexity index is 814. The molecule has 1 heteroatoms. The molecule has 1 nitrogen and oxygen atoms in total. The fraction of sp³-hybridized carbons (Fsp3) is 0.250. The van der Waals surface area contributed by atoms with Crippen molar-refractivity contribution < 1.29 is 4.74 Å². The number of hydrogen-bond donors (Lipinski definition) is 0. The Kier molecular flexibility index (Phi) is 5.23. The quantitative estimate of drug-likeness (QED) is 0.481. The summed E-state index contributed by atoms with van der Waals surface area (Å²) in [5, 5.41) is 0. The molecule has 0 saturated carbocycles. The molecule has 0 unspecified atom stereocenters. The summed E-state index contributed by atoms with van der Waals surface area (Å²) in [5.74, 6) is 2.63. The van der Waals surface area contributed by atoms with Gasteiger partial charge in [-0.3, -0.25) is 0 Å². The van der Waals surface area contributed by atoms with Crippen molar-refractivity contribution in [2.75, 3.05) is 0 Å². The van der Waals surface area contributed by atoms with E-state index in [0.29, 0.717) is 11.8 Å². The zero-order valence-corrected chi connectivity index (χ0v) is 15.4. The summed E-state index contributed by atoms with van der Waals surface area (Å²) in [7, 11) is 0. The molecule has 0 heterocycles. The SMILES string of the molecule is CC(C)c1cccc(-c2[c]cc(Oc3ccccc3)cc2)c1C(C)C. The first-order valence-corrected chi connectivity index (χ1v) is 8.94. The Morgan fingerprint density at radius 2 is 1.48 bits per heavy atom. The molecule has 3 aromatic carbocycles. The molecule has 3 aromatic rings. The predicted octanol–water partition coefficient (Wildman–Crippen LogP) is 7.19. The average Bonchev–Trinajstić information content (AvgIpc) is 2.62. The van der Waals surface area contributed by atoms with Crippen molar-refractivity contribution in [1.29, 1.82) is 0 Å². The van der Waals surface area contributed by atoms with Crippen molar-refractivity contribution in [2.45, 2.75) is 39.5 Å². The molecule has 0 aliphatic heterocycles. The van der Waals surface area contributed by atoms with Crippen LogP contribution in [0.1, 0.15) is 50.7 Å². The monoisotopic (exact) mass is 329 g/mol. The van der Waals surface area contributed by atoms with E-state index in [-0.39, 0.29) is 0 Å². The Labute approximate surface area is 151 Å². The largest absolute Gasteiger partial charge is 0.457 e. The molecule has 3 rings (SSSR count). The molecule has 0 aromatic heterocycles. The Morgan fingerprint density at radius 1 is 0.720 bits per heavy atom. The number of rotatable bonds is 5. The van der Waals surface area contributed by atoms with Gasteiger partial charge in [0.15, 0.2) is 0 Å². The van der Waals surface area contributed by atoms with E-state index in [9.17, 15) is 0 Å². The fourth-order valence-electron chi connectivity index (χ4n) is 3.23. The lowest BCUT2D eigenvalue weighted by molar-refractivity contribution is 0.482. The molecule has 1 radical (unpaired) electrons. The molecule has 0 spiro atoms. The zero-order chi connectivity index (χ0) is 17.8. The van der Waals surface area contributed by atoms with E-state index in [2.05, 4.69) is 58.0 Å². The second kappa shape index (κ2) is 7.57. The lowest BCUT2D eigenvalue weighted by Gasteiger charge is -2.20. The molecular formula is C24H25O. The van der Waals surface area contributed by atoms with E-state index in [0.717, 1.165) is 17.1 Å². The van der Waals surface area contributed by atoms with Crippen LogP contribution >= 0.6 is 0 Å². The van der Waals surface area contributed by atoms with Crippen LogP contribution in [-0.4, -0.2) is 0 Å². The molecule has 0 amide bonds. The third-order valence-electron chi connectivity index (χ3n) is 4.39. The summed E-state index contributed by atoms with van der Waals surface area (Å²) in [6.07, 6.45) is 0. The van der Waals surface area contributed by atoms with Gasteiger partial charge in [-0.25, -0.2) is 0 Å². The van der Waals surface area contributed by atoms with Crippen LogP contribution in [0.3, 0.4) is 0 Å². The molecule has 127 valence electrons. The van der Waals surface area contributed by atoms with Gasteiger partial charge in [-0.2, -0.15) is 0 Å². The van der Waals surface area contributed by atoms with Gasteiger partial charge in [-0.15, -0.1) is 0 Å². The number of ether oxygens (including phenoxy) is 1. The first-order valence-electron chi connectivity index (χ1n) is 8.94. The molecule has 0 N–H and O–H groups in total. The standard InChI is InChI=1S/C24H25O/c1-17(2)22-11-8-12-23(24(22)18(3)4)19-13-15-21(16-14-19)25-20-9-6-5-7-10-20/h5-13,15-18H,1-4H3. The smallest absolute Gasteiger partial charge is 0.128 e. The molecule has 0 bridgehead atoms. The third kappa shape index (κ3) is 3.93. The van der Waals surface area contributed by atoms with Crippen molar-refractivity contribution in [3.05, 3.63) is 83.9 Å². The van der Waals surface area contributed by atoms with Crippen LogP contribution in [0, 0.1) is 6.07 Å². The van der Waals surface area contributed by atoms with Crippen molar-refractivity contribution in [2.24, 2.45) is 0 Å². The molecule has 0 saturated heterocycles. The van der Waals surface area contributed by atoms with E-state index in [4.69, 9.17) is 4.74 Å². The van der Waals surface area contributed by atoms with Crippen LogP contribution in [0.5, 0.6) is 11.5 Å². The maximum Gasteiger partial charge on any atom is 0.128 e. The van der Waals surface area contributed by atoms with Gasteiger partial charge in [-0.05, 0) is 64.4 Å². The maximum atomic E-state index is 5.88. The second-order valence-electron chi connectivity index (χ2n) is 6.97. The van der Waals surface area contributed by atoms with Gasteiger partial charge in [0.1, 0.15) is 11.5 Å². The lowest BCUT2D eigenvalue weighted by atomic mass is 9.84. The minimum absolute atomic E-state index is 0.474. The Hall–Kier alpha value is -2.54. The highest BCUT2D eigenvalue weighted by Crippen LogP contribution is 2.36. The van der Waals surface area contributed by atoms with Gasteiger partial charge in [-0.1, -0.05) is 70.2 Å². The highest BCUT2D eigenvalue weighted by molar-refractivity contribution is 5.70. The lowest BCUT2D eigenvalue weighted by Crippen LogP contribution is -2.01. The summed E-state index contributed by atoms with van der Waals surface area (Å²) in [4.78, 5) is 0. The predicted molar refractivity (Wildman–Crippen MR) is 105 cm³/mol. The highest BCUT2D eigenvalue weighted by Gasteiger charge is 2.15. The highest BCUT2D eigenvalue weighted by atomic mass is 16.5. The molecule has 0 aliphatic rings. The van der Waals surface area contributed by atoms with Crippen LogP contribution in [0.2, 0.25) is 0 Å². The molecule has 0 aliphatic carbocycles. The first-order chi connectivity index (χ1) is 12.1. The fourth-order valence-corrected chi connectivity index (χ4v) is 3.23. The minimum atomic E-state index is 0.474. The Morgan fingerprint density at radius 3 is 2.08 bits per heavy atom. The second-order valence-corrected chi connectivity index (χ2v) is 6.97. The van der Waals surface area contributed by atoms with E-state index in [1.807, 2.05) is 42.5 Å². The summed E-state index contributed by atoms with van der Waals surface area (Å²) in [6.45, 7) is 9.03. The van der Waals surface area contributed by atoms with E-state index in [1.54, 1.807) is 0 Å². The number of para-hydroxylation sites is 1. The molecule has 25 heavy (non-hydrogen) atoms. The molecule has 0 fully saturated rings. The van der Waals surface area contributed by atoms with Crippen LogP contribution in [0.15, 0.2) is 66.7 Å². The maximum absolute atomic E-state index is 5.88. The Balaban J connectivity index is 1.94. The van der Waals surface area contributed by atoms with Gasteiger partial charge in [0, 0.05) is 0 Å². The summed E-state index contributed by atoms with van der Waals surface area (Å²) < 4.78 is 5.88. The van der Waals surface area contributed by atoms with Crippen molar-refractivity contribution >= 4 is 0 Å². The van der Waals surface area contributed by atoms with Gasteiger partial charge in [0.25, 0.3) is 0 Å². The minimum Gasteiger partial charge on any atom is -0.457 e. The van der Waals surface area contributed by atoms with Crippen LogP contribution in [-0.2, 0) is 0 Å². The topological polar surface area (TPSA) is 9.23 Å². The summed E-state index contributed by atoms with van der Waals surface area (Å²) >= 11 is 0. The third-order valence-corrected chi connectivity index (χ3v) is 4.39. The van der Waals surface area contributed by atoms with Crippen LogP contribution < -0.4 is 4.74 Å². The average molecular weight is 329 g/mol. The molecular weight excluding hydrogens is 304 g/mol. The zero-order valence-electron chi connectivity index (χ0n) is 15.4. The summed E-state index contributed by atoms with van der Waals surface area (Å²) in [6, 6.07) is 25.9. The first kappa shape index (κ1) is 17.3. The van der Waals surface area contributed by atoms with Crippen LogP contribution in [0.25, 0.3) is 11.1 Å². The van der Waals surface area contributed by atoms with E-state index >= 15 is 0 Å². The summed E-state index contributed by atoms with van der Waals surface area (Å²) in [5.41, 5.74) is 5.23. The number of hydrogen-bond acceptors (Lipinski definition) is 1. The van der Waals surface area contributed by atoms with Crippen molar-refractivity contribution in [3.63, 3.8) is 0 Å². The van der Waals surface area contributed by atoms with E-state index < -0.39 is 0 Å². The van der Waals surface area contributed by atoms with Gasteiger partial charge in [0.05, 0.1) is 0 Å². The van der Waals surface area contributed by atoms with Crippen LogP contribution in [0.4, 0.5) is 0 Å². The van der Waals surface area contributed by atoms with Crippen molar-refractivity contribution in [1.82, 2.24) is 0 Å². The van der Waals surface area contributed by atoms with Gasteiger partial charge in [0.2, 0.25) is 0 Å². The molecule has 0 atom stereocenters. The van der Waals surface area contributed by atoms with Gasteiger partial charge < -0.3 is 4.74 Å². The normalized spacial score (nSPS) is 11.1. The van der Waals surface area contributed by atoms with E-state index in [1.165, 1.54) is 16.7 Å². The van der Waals surface area contributed by atoms with Gasteiger partial charge >= 0.3 is 0 Å².